The Morgan fingerprint density at radius 1 is 0.800 bits per heavy atom. The Morgan fingerprint density at radius 2 is 1.31 bits per heavy atom. The van der Waals surface area contributed by atoms with Gasteiger partial charge in [0.05, 0.1) is 26.7 Å². The standard InChI is InChI=1S/C34H23Br2NO8/c1-18(31(41)44-17-25(38)19-12-14-20(15-13-19)45-32(42)26-11-6-16-43-26)37-29(39)27-28(30(37)40)34(36)22-8-3-2-7-21(22)33(27,35)23-9-4-5-10-24(23)34/h2-16,18,27-28H,17H2,1H3. The Bertz CT molecular complexity index is 1780. The number of carbonyl (C=O) groups excluding carboxylic acids is 5. The summed E-state index contributed by atoms with van der Waals surface area (Å²) in [5.41, 5.74) is 3.74. The van der Waals surface area contributed by atoms with Gasteiger partial charge in [0.25, 0.3) is 0 Å². The minimum absolute atomic E-state index is 0.0322. The molecule has 3 aliphatic carbocycles. The first-order valence-electron chi connectivity index (χ1n) is 14.1. The normalized spacial score (nSPS) is 24.8. The SMILES string of the molecule is CC(C(=O)OCC(=O)c1ccc(OC(=O)c2ccco2)cc1)N1C(=O)C2C(C1=O)C1(Br)c3ccccc3C2(Br)c2ccccc21. The molecule has 9 nitrogen and oxygen atoms in total. The zero-order valence-corrected chi connectivity index (χ0v) is 26.7. The summed E-state index contributed by atoms with van der Waals surface area (Å²) in [5, 5.41) is 0. The monoisotopic (exact) mass is 731 g/mol. The number of halogens is 2. The van der Waals surface area contributed by atoms with E-state index in [-0.39, 0.29) is 17.1 Å². The molecule has 0 N–H and O–H groups in total. The number of amides is 2. The summed E-state index contributed by atoms with van der Waals surface area (Å²) in [7, 11) is 0. The van der Waals surface area contributed by atoms with Gasteiger partial charge in [-0.2, -0.15) is 0 Å². The van der Waals surface area contributed by atoms with Crippen LogP contribution >= 0.6 is 31.9 Å². The number of Topliss-reactive ketones (excluding diaryl/α,β-unsaturated/α-hetero) is 1. The molecule has 2 bridgehead atoms. The molecule has 1 aromatic heterocycles. The highest BCUT2D eigenvalue weighted by Gasteiger charge is 2.73. The van der Waals surface area contributed by atoms with E-state index in [0.29, 0.717) is 0 Å². The van der Waals surface area contributed by atoms with Gasteiger partial charge in [0.1, 0.15) is 11.8 Å². The summed E-state index contributed by atoms with van der Waals surface area (Å²) in [5.74, 6) is -4.51. The molecule has 0 spiro atoms. The summed E-state index contributed by atoms with van der Waals surface area (Å²) in [6.45, 7) is 0.811. The number of hydrogen-bond donors (Lipinski definition) is 0. The molecular formula is C34H23Br2NO8. The molecule has 3 atom stereocenters. The minimum Gasteiger partial charge on any atom is -0.457 e. The molecule has 11 heteroatoms. The van der Waals surface area contributed by atoms with Gasteiger partial charge in [-0.05, 0) is 65.6 Å². The van der Waals surface area contributed by atoms with Crippen LogP contribution in [-0.4, -0.2) is 47.1 Å². The number of rotatable bonds is 7. The van der Waals surface area contributed by atoms with Gasteiger partial charge in [-0.15, -0.1) is 0 Å². The van der Waals surface area contributed by atoms with Crippen molar-refractivity contribution >= 4 is 61.4 Å². The van der Waals surface area contributed by atoms with Crippen LogP contribution in [0.25, 0.3) is 0 Å². The highest BCUT2D eigenvalue weighted by molar-refractivity contribution is 9.10. The second-order valence-electron chi connectivity index (χ2n) is 11.1. The zero-order valence-electron chi connectivity index (χ0n) is 23.6. The van der Waals surface area contributed by atoms with Crippen LogP contribution in [0.4, 0.5) is 0 Å². The van der Waals surface area contributed by atoms with Crippen LogP contribution in [0.15, 0.2) is 95.6 Å². The number of ether oxygens (including phenoxy) is 2. The van der Waals surface area contributed by atoms with Crippen LogP contribution in [-0.2, 0) is 27.8 Å². The topological polar surface area (TPSA) is 120 Å². The summed E-state index contributed by atoms with van der Waals surface area (Å²) >= 11 is 7.87. The van der Waals surface area contributed by atoms with Crippen LogP contribution in [0.5, 0.6) is 5.75 Å². The Hall–Kier alpha value is -4.35. The predicted octanol–water partition coefficient (Wildman–Crippen LogP) is 5.52. The number of alkyl halides is 2. The van der Waals surface area contributed by atoms with Gasteiger partial charge in [-0.3, -0.25) is 19.3 Å². The Balaban J connectivity index is 1.08. The molecular weight excluding hydrogens is 710 g/mol. The third-order valence-electron chi connectivity index (χ3n) is 8.80. The van der Waals surface area contributed by atoms with Crippen molar-refractivity contribution in [3.05, 3.63) is 125 Å². The number of ketones is 1. The van der Waals surface area contributed by atoms with Gasteiger partial charge in [-0.1, -0.05) is 80.4 Å². The lowest BCUT2D eigenvalue weighted by atomic mass is 9.54. The number of imide groups is 1. The average molecular weight is 733 g/mol. The van der Waals surface area contributed by atoms with Gasteiger partial charge < -0.3 is 13.9 Å². The van der Waals surface area contributed by atoms with E-state index in [2.05, 4.69) is 31.9 Å². The Kier molecular flexibility index (Phi) is 6.94. The number of likely N-dealkylation sites (tertiary alicyclic amines) is 1. The molecule has 4 aliphatic rings. The molecule has 2 heterocycles. The lowest BCUT2D eigenvalue weighted by Crippen LogP contribution is -2.56. The maximum atomic E-state index is 14.1. The molecule has 1 fully saturated rings. The number of furan rings is 1. The maximum Gasteiger partial charge on any atom is 0.379 e. The first kappa shape index (κ1) is 29.4. The summed E-state index contributed by atoms with van der Waals surface area (Å²) in [4.78, 5) is 67.3. The fourth-order valence-electron chi connectivity index (χ4n) is 6.78. The highest BCUT2D eigenvalue weighted by atomic mass is 79.9. The molecule has 4 aromatic rings. The fourth-order valence-corrected chi connectivity index (χ4v) is 9.08. The largest absolute Gasteiger partial charge is 0.457 e. The fraction of sp³-hybridized carbons (Fsp3) is 0.206. The first-order chi connectivity index (χ1) is 21.6. The lowest BCUT2D eigenvalue weighted by molar-refractivity contribution is -0.157. The van der Waals surface area contributed by atoms with Gasteiger partial charge in [-0.25, -0.2) is 9.59 Å². The van der Waals surface area contributed by atoms with Crippen LogP contribution in [0.2, 0.25) is 0 Å². The zero-order chi connectivity index (χ0) is 31.7. The van der Waals surface area contributed by atoms with Gasteiger partial charge in [0.15, 0.2) is 12.4 Å². The molecule has 0 radical (unpaired) electrons. The summed E-state index contributed by atoms with van der Waals surface area (Å²) < 4.78 is 13.6. The third-order valence-corrected chi connectivity index (χ3v) is 11.5. The highest BCUT2D eigenvalue weighted by Crippen LogP contribution is 2.70. The van der Waals surface area contributed by atoms with Gasteiger partial charge in [0, 0.05) is 5.56 Å². The number of carbonyl (C=O) groups is 5. The number of benzene rings is 3. The van der Waals surface area contributed by atoms with Crippen LogP contribution in [0, 0.1) is 11.8 Å². The Morgan fingerprint density at radius 3 is 1.78 bits per heavy atom. The molecule has 8 rings (SSSR count). The molecule has 226 valence electrons. The summed E-state index contributed by atoms with van der Waals surface area (Å²) in [6, 6.07) is 22.8. The van der Waals surface area contributed by atoms with Crippen molar-refractivity contribution in [2.75, 3.05) is 6.61 Å². The third kappa shape index (κ3) is 4.20. The van der Waals surface area contributed by atoms with Crippen LogP contribution in [0.3, 0.4) is 0 Å². The van der Waals surface area contributed by atoms with Crippen molar-refractivity contribution in [2.24, 2.45) is 11.8 Å². The smallest absolute Gasteiger partial charge is 0.379 e. The van der Waals surface area contributed by atoms with Crippen molar-refractivity contribution in [2.45, 2.75) is 21.6 Å². The molecule has 3 unspecified atom stereocenters. The van der Waals surface area contributed by atoms with Crippen LogP contribution in [0.1, 0.15) is 50.1 Å². The average Bonchev–Trinajstić information content (AvgIpc) is 3.69. The summed E-state index contributed by atoms with van der Waals surface area (Å²) in [6.07, 6.45) is 1.35. The van der Waals surface area contributed by atoms with Gasteiger partial charge >= 0.3 is 11.9 Å². The first-order valence-corrected chi connectivity index (χ1v) is 15.7. The number of esters is 2. The van der Waals surface area contributed by atoms with E-state index in [9.17, 15) is 24.0 Å². The quantitative estimate of drug-likeness (QED) is 0.0802. The second-order valence-corrected chi connectivity index (χ2v) is 13.6. The van der Waals surface area contributed by atoms with E-state index in [1.807, 2.05) is 48.5 Å². The van der Waals surface area contributed by atoms with E-state index in [1.165, 1.54) is 43.5 Å². The molecule has 1 saturated heterocycles. The minimum atomic E-state index is -1.27. The predicted molar refractivity (Wildman–Crippen MR) is 166 cm³/mol. The van der Waals surface area contributed by atoms with Crippen molar-refractivity contribution in [1.29, 1.82) is 0 Å². The molecule has 0 saturated carbocycles. The van der Waals surface area contributed by atoms with E-state index in [0.717, 1.165) is 27.2 Å². The van der Waals surface area contributed by atoms with E-state index >= 15 is 0 Å². The number of nitrogens with zero attached hydrogens (tertiary/aromatic N) is 1. The molecule has 1 aliphatic heterocycles. The van der Waals surface area contributed by atoms with E-state index in [4.69, 9.17) is 13.9 Å². The van der Waals surface area contributed by atoms with E-state index in [1.54, 1.807) is 6.07 Å². The van der Waals surface area contributed by atoms with Gasteiger partial charge in [0.2, 0.25) is 17.6 Å². The van der Waals surface area contributed by atoms with Crippen molar-refractivity contribution in [3.8, 4) is 5.75 Å². The Labute approximate surface area is 273 Å². The molecule has 2 amide bonds. The van der Waals surface area contributed by atoms with Crippen molar-refractivity contribution in [1.82, 2.24) is 4.90 Å². The second kappa shape index (κ2) is 10.6. The van der Waals surface area contributed by atoms with Crippen molar-refractivity contribution < 1.29 is 37.9 Å². The molecule has 3 aromatic carbocycles. The van der Waals surface area contributed by atoms with E-state index < -0.39 is 62.7 Å². The number of hydrogen-bond acceptors (Lipinski definition) is 8. The lowest BCUT2D eigenvalue weighted by Gasteiger charge is -2.55. The maximum absolute atomic E-state index is 14.1. The van der Waals surface area contributed by atoms with Crippen molar-refractivity contribution in [3.63, 3.8) is 0 Å². The molecule has 45 heavy (non-hydrogen) atoms. The van der Waals surface area contributed by atoms with Crippen LogP contribution < -0.4 is 4.74 Å².